The molecule has 0 aromatic heterocycles. The molecular formula is C25H24N2O8S. The van der Waals surface area contributed by atoms with Gasteiger partial charge in [-0.15, -0.1) is 0 Å². The van der Waals surface area contributed by atoms with Gasteiger partial charge in [0, 0.05) is 17.8 Å². The molecule has 10 nitrogen and oxygen atoms in total. The molecule has 3 rings (SSSR count). The third-order valence-corrected chi connectivity index (χ3v) is 6.48. The highest BCUT2D eigenvalue weighted by atomic mass is 32.2. The fourth-order valence-corrected chi connectivity index (χ4v) is 4.46. The number of hydrogen-bond acceptors (Lipinski definition) is 8. The van der Waals surface area contributed by atoms with Crippen LogP contribution in [0, 0.1) is 0 Å². The maximum atomic E-state index is 13.0. The fourth-order valence-electron chi connectivity index (χ4n) is 3.25. The summed E-state index contributed by atoms with van der Waals surface area (Å²) in [5.74, 6) is -2.08. The van der Waals surface area contributed by atoms with Crippen LogP contribution < -0.4 is 14.8 Å². The van der Waals surface area contributed by atoms with Crippen LogP contribution in [0.2, 0.25) is 0 Å². The average Bonchev–Trinajstić information content (AvgIpc) is 2.90. The first-order chi connectivity index (χ1) is 17.2. The maximum Gasteiger partial charge on any atom is 0.337 e. The Balaban J connectivity index is 1.91. The summed E-state index contributed by atoms with van der Waals surface area (Å²) < 4.78 is 43.1. The molecule has 0 aliphatic carbocycles. The third kappa shape index (κ3) is 6.26. The predicted octanol–water partition coefficient (Wildman–Crippen LogP) is 3.00. The Kier molecular flexibility index (Phi) is 8.41. The molecule has 0 bridgehead atoms. The van der Waals surface area contributed by atoms with Crippen molar-refractivity contribution in [2.24, 2.45) is 0 Å². The van der Waals surface area contributed by atoms with Crippen LogP contribution in [0.5, 0.6) is 5.75 Å². The Labute approximate surface area is 208 Å². The fraction of sp³-hybridized carbons (Fsp3) is 0.160. The normalized spacial score (nSPS) is 10.9. The Morgan fingerprint density at radius 1 is 0.778 bits per heavy atom. The number of benzene rings is 3. The minimum absolute atomic E-state index is 0.000949. The molecule has 0 unspecified atom stereocenters. The smallest absolute Gasteiger partial charge is 0.337 e. The van der Waals surface area contributed by atoms with Gasteiger partial charge in [-0.05, 0) is 42.0 Å². The molecule has 0 spiro atoms. The van der Waals surface area contributed by atoms with Crippen molar-refractivity contribution < 1.29 is 37.0 Å². The Morgan fingerprint density at radius 3 is 1.94 bits per heavy atom. The number of hydrogen-bond donors (Lipinski definition) is 2. The maximum absolute atomic E-state index is 13.0. The number of carbonyl (C=O) groups excluding carboxylic acids is 3. The molecule has 0 saturated heterocycles. The molecule has 0 fully saturated rings. The third-order valence-electron chi connectivity index (χ3n) is 5.06. The van der Waals surface area contributed by atoms with Gasteiger partial charge in [0.05, 0.1) is 32.5 Å². The second kappa shape index (κ2) is 11.5. The number of amides is 1. The molecule has 36 heavy (non-hydrogen) atoms. The van der Waals surface area contributed by atoms with Crippen molar-refractivity contribution in [2.45, 2.75) is 11.4 Å². The number of nitrogens with one attached hydrogen (secondary N) is 2. The number of anilines is 1. The first-order valence-electron chi connectivity index (χ1n) is 10.5. The van der Waals surface area contributed by atoms with Crippen LogP contribution in [-0.2, 0) is 26.0 Å². The lowest BCUT2D eigenvalue weighted by molar-refractivity contribution is 0.0598. The average molecular weight is 513 g/mol. The van der Waals surface area contributed by atoms with Crippen LogP contribution in [-0.4, -0.2) is 47.6 Å². The van der Waals surface area contributed by atoms with Gasteiger partial charge in [-0.2, -0.15) is 0 Å². The summed E-state index contributed by atoms with van der Waals surface area (Å²) in [4.78, 5) is 36.7. The van der Waals surface area contributed by atoms with Crippen molar-refractivity contribution in [2.75, 3.05) is 26.6 Å². The van der Waals surface area contributed by atoms with Gasteiger partial charge < -0.3 is 19.5 Å². The summed E-state index contributed by atoms with van der Waals surface area (Å²) in [5.41, 5.74) is 0.878. The van der Waals surface area contributed by atoms with Crippen molar-refractivity contribution in [3.63, 3.8) is 0 Å². The zero-order chi connectivity index (χ0) is 26.3. The van der Waals surface area contributed by atoms with E-state index in [0.29, 0.717) is 0 Å². The Bertz CT molecular complexity index is 1350. The van der Waals surface area contributed by atoms with E-state index in [-0.39, 0.29) is 39.6 Å². The Hall–Kier alpha value is -4.22. The minimum atomic E-state index is -4.05. The second-order valence-corrected chi connectivity index (χ2v) is 9.15. The highest BCUT2D eigenvalue weighted by molar-refractivity contribution is 7.89. The Morgan fingerprint density at radius 2 is 1.39 bits per heavy atom. The number of ether oxygens (including phenoxy) is 3. The molecule has 0 aliphatic heterocycles. The van der Waals surface area contributed by atoms with Crippen molar-refractivity contribution >= 4 is 33.6 Å². The van der Waals surface area contributed by atoms with Gasteiger partial charge in [-0.3, -0.25) is 4.79 Å². The number of rotatable bonds is 9. The summed E-state index contributed by atoms with van der Waals surface area (Å²) in [6.07, 6.45) is 0. The molecule has 188 valence electrons. The lowest BCUT2D eigenvalue weighted by Crippen LogP contribution is -2.24. The first kappa shape index (κ1) is 26.4. The van der Waals surface area contributed by atoms with Gasteiger partial charge in [-0.25, -0.2) is 22.7 Å². The topological polar surface area (TPSA) is 137 Å². The van der Waals surface area contributed by atoms with E-state index in [1.165, 1.54) is 57.7 Å². The largest absolute Gasteiger partial charge is 0.495 e. The molecule has 2 N–H and O–H groups in total. The van der Waals surface area contributed by atoms with Gasteiger partial charge in [-0.1, -0.05) is 30.3 Å². The summed E-state index contributed by atoms with van der Waals surface area (Å²) in [5, 5.41) is 2.56. The van der Waals surface area contributed by atoms with E-state index in [1.54, 1.807) is 24.3 Å². The molecule has 0 aliphatic rings. The number of methoxy groups -OCH3 is 3. The minimum Gasteiger partial charge on any atom is -0.495 e. The molecule has 0 atom stereocenters. The molecule has 0 heterocycles. The highest BCUT2D eigenvalue weighted by Gasteiger charge is 2.22. The molecule has 11 heteroatoms. The summed E-state index contributed by atoms with van der Waals surface area (Å²) in [6.45, 7) is 0.0410. The number of sulfonamides is 1. The summed E-state index contributed by atoms with van der Waals surface area (Å²) in [7, 11) is -0.378. The van der Waals surface area contributed by atoms with Crippen LogP contribution in [0.4, 0.5) is 5.69 Å². The second-order valence-electron chi connectivity index (χ2n) is 7.41. The SMILES string of the molecule is COC(=O)c1cc(NC(=O)c2ccc(OC)c(S(=O)(=O)NCc3ccccc3)c2)cc(C(=O)OC)c1. The molecule has 0 radical (unpaired) electrons. The zero-order valence-corrected chi connectivity index (χ0v) is 20.5. The van der Waals surface area contributed by atoms with Gasteiger partial charge in [0.1, 0.15) is 10.6 Å². The van der Waals surface area contributed by atoms with E-state index in [9.17, 15) is 22.8 Å². The number of esters is 2. The molecule has 1 amide bonds. The van der Waals surface area contributed by atoms with Crippen LogP contribution in [0.1, 0.15) is 36.6 Å². The monoisotopic (exact) mass is 512 g/mol. The lowest BCUT2D eigenvalue weighted by atomic mass is 10.1. The van der Waals surface area contributed by atoms with E-state index in [1.807, 2.05) is 6.07 Å². The van der Waals surface area contributed by atoms with E-state index in [4.69, 9.17) is 14.2 Å². The van der Waals surface area contributed by atoms with Gasteiger partial charge in [0.25, 0.3) is 5.91 Å². The standard InChI is InChI=1S/C25H24N2O8S/c1-33-21-10-9-17(14-22(21)36(31,32)26-15-16-7-5-4-6-8-16)23(28)27-20-12-18(24(29)34-2)11-19(13-20)25(30)35-3/h4-14,26H,15H2,1-3H3,(H,27,28). The van der Waals surface area contributed by atoms with E-state index in [0.717, 1.165) is 5.56 Å². The van der Waals surface area contributed by atoms with Crippen LogP contribution in [0.15, 0.2) is 71.6 Å². The molecular weight excluding hydrogens is 488 g/mol. The van der Waals surface area contributed by atoms with Crippen molar-refractivity contribution in [1.82, 2.24) is 4.72 Å². The highest BCUT2D eigenvalue weighted by Crippen LogP contribution is 2.26. The van der Waals surface area contributed by atoms with Crippen LogP contribution >= 0.6 is 0 Å². The van der Waals surface area contributed by atoms with Crippen molar-refractivity contribution in [1.29, 1.82) is 0 Å². The van der Waals surface area contributed by atoms with Gasteiger partial charge in [0.15, 0.2) is 0 Å². The van der Waals surface area contributed by atoms with E-state index < -0.39 is 27.9 Å². The first-order valence-corrected chi connectivity index (χ1v) is 12.0. The lowest BCUT2D eigenvalue weighted by Gasteiger charge is -2.13. The number of carbonyl (C=O) groups is 3. The molecule has 3 aromatic rings. The molecule has 0 saturated carbocycles. The quantitative estimate of drug-likeness (QED) is 0.418. The van der Waals surface area contributed by atoms with Crippen LogP contribution in [0.3, 0.4) is 0 Å². The van der Waals surface area contributed by atoms with Gasteiger partial charge in [0.2, 0.25) is 10.0 Å². The van der Waals surface area contributed by atoms with E-state index >= 15 is 0 Å². The zero-order valence-electron chi connectivity index (χ0n) is 19.7. The summed E-state index contributed by atoms with van der Waals surface area (Å²) in [6, 6.07) is 16.8. The van der Waals surface area contributed by atoms with Crippen LogP contribution in [0.25, 0.3) is 0 Å². The van der Waals surface area contributed by atoms with Crippen molar-refractivity contribution in [3.05, 3.63) is 89.0 Å². The van der Waals surface area contributed by atoms with E-state index in [2.05, 4.69) is 10.0 Å². The molecule has 3 aromatic carbocycles. The van der Waals surface area contributed by atoms with Gasteiger partial charge >= 0.3 is 11.9 Å². The predicted molar refractivity (Wildman–Crippen MR) is 131 cm³/mol. The van der Waals surface area contributed by atoms with Crippen molar-refractivity contribution in [3.8, 4) is 5.75 Å². The summed E-state index contributed by atoms with van der Waals surface area (Å²) >= 11 is 0.